The first-order valence-electron chi connectivity index (χ1n) is 7.41. The molecule has 4 N–H and O–H groups in total. The summed E-state index contributed by atoms with van der Waals surface area (Å²) in [6.07, 6.45) is 1.62. The van der Waals surface area contributed by atoms with E-state index in [2.05, 4.69) is 0 Å². The Morgan fingerprint density at radius 3 is 1.14 bits per heavy atom. The number of hydrogen-bond acceptors (Lipinski definition) is 7. The van der Waals surface area contributed by atoms with Crippen LogP contribution in [0.3, 0.4) is 0 Å². The molecule has 0 bridgehead atoms. The molecule has 0 saturated heterocycles. The second kappa shape index (κ2) is 14.6. The molecular weight excluding hydrogens is 280 g/mol. The predicted molar refractivity (Wildman–Crippen MR) is 77.1 cm³/mol. The van der Waals surface area contributed by atoms with E-state index in [9.17, 15) is 5.11 Å². The molecule has 0 fully saturated rings. The predicted octanol–water partition coefficient (Wildman–Crippen LogP) is -0.838. The van der Waals surface area contributed by atoms with Crippen molar-refractivity contribution in [3.63, 3.8) is 0 Å². The van der Waals surface area contributed by atoms with Gasteiger partial charge in [-0.05, 0) is 19.3 Å². The van der Waals surface area contributed by atoms with Crippen molar-refractivity contribution in [1.29, 1.82) is 0 Å². The Morgan fingerprint density at radius 2 is 0.905 bits per heavy atom. The molecule has 0 saturated carbocycles. The minimum absolute atomic E-state index is 0.0616. The van der Waals surface area contributed by atoms with Crippen molar-refractivity contribution in [1.82, 2.24) is 0 Å². The molecule has 0 unspecified atom stereocenters. The highest BCUT2D eigenvalue weighted by molar-refractivity contribution is 4.78. The van der Waals surface area contributed by atoms with E-state index in [1.165, 1.54) is 0 Å². The fourth-order valence-electron chi connectivity index (χ4n) is 1.63. The minimum atomic E-state index is -0.666. The summed E-state index contributed by atoms with van der Waals surface area (Å²) in [5, 5.41) is 35.8. The molecule has 0 aromatic heterocycles. The Bertz CT molecular complexity index is 182. The number of ether oxygens (including phenoxy) is 3. The topological polar surface area (TPSA) is 109 Å². The van der Waals surface area contributed by atoms with Gasteiger partial charge < -0.3 is 34.6 Å². The van der Waals surface area contributed by atoms with Gasteiger partial charge in [0.2, 0.25) is 0 Å². The van der Waals surface area contributed by atoms with Gasteiger partial charge in [0.25, 0.3) is 0 Å². The van der Waals surface area contributed by atoms with E-state index in [0.717, 1.165) is 0 Å². The van der Waals surface area contributed by atoms with E-state index in [-0.39, 0.29) is 46.2 Å². The van der Waals surface area contributed by atoms with Crippen LogP contribution in [-0.4, -0.2) is 86.5 Å². The van der Waals surface area contributed by atoms with E-state index in [0.29, 0.717) is 39.1 Å². The molecule has 7 heteroatoms. The molecule has 0 spiro atoms. The molecule has 0 aromatic carbocycles. The van der Waals surface area contributed by atoms with Gasteiger partial charge in [0, 0.05) is 39.6 Å². The smallest absolute Gasteiger partial charge is 0.0635 e. The largest absolute Gasteiger partial charge is 0.396 e. The highest BCUT2D eigenvalue weighted by Gasteiger charge is 2.31. The summed E-state index contributed by atoms with van der Waals surface area (Å²) in [6.45, 7) is 2.06. The van der Waals surface area contributed by atoms with Gasteiger partial charge in [-0.3, -0.25) is 0 Å². The molecule has 0 aliphatic carbocycles. The number of hydrogen-bond donors (Lipinski definition) is 4. The number of aliphatic hydroxyl groups excluding tert-OH is 4. The summed E-state index contributed by atoms with van der Waals surface area (Å²) in [5.74, 6) is 0. The van der Waals surface area contributed by atoms with Gasteiger partial charge in [-0.25, -0.2) is 0 Å². The minimum Gasteiger partial charge on any atom is -0.396 e. The molecule has 0 aromatic rings. The lowest BCUT2D eigenvalue weighted by molar-refractivity contribution is -0.0952. The zero-order valence-corrected chi connectivity index (χ0v) is 12.7. The standard InChI is InChI=1S/C14H30O7/c15-4-1-7-19-11-14(10-18,12-20-8-2-5-16)13-21-9-3-6-17/h15-18H,1-13H2. The van der Waals surface area contributed by atoms with E-state index >= 15 is 0 Å². The van der Waals surface area contributed by atoms with E-state index in [1.807, 2.05) is 0 Å². The lowest BCUT2D eigenvalue weighted by atomic mass is 9.92. The van der Waals surface area contributed by atoms with Crippen LogP contribution in [0.15, 0.2) is 0 Å². The number of rotatable bonds is 16. The van der Waals surface area contributed by atoms with Crippen LogP contribution in [0.25, 0.3) is 0 Å². The number of aliphatic hydroxyl groups is 4. The maximum atomic E-state index is 9.66. The quantitative estimate of drug-likeness (QED) is 0.275. The highest BCUT2D eigenvalue weighted by atomic mass is 16.5. The van der Waals surface area contributed by atoms with E-state index in [4.69, 9.17) is 29.5 Å². The van der Waals surface area contributed by atoms with Crippen LogP contribution in [0.2, 0.25) is 0 Å². The van der Waals surface area contributed by atoms with Crippen LogP contribution >= 0.6 is 0 Å². The lowest BCUT2D eigenvalue weighted by Gasteiger charge is -2.31. The van der Waals surface area contributed by atoms with Crippen LogP contribution in [0, 0.1) is 5.41 Å². The Morgan fingerprint density at radius 1 is 0.571 bits per heavy atom. The second-order valence-electron chi connectivity index (χ2n) is 5.05. The van der Waals surface area contributed by atoms with Crippen molar-refractivity contribution in [2.24, 2.45) is 5.41 Å². The van der Waals surface area contributed by atoms with E-state index in [1.54, 1.807) is 0 Å². The summed E-state index contributed by atoms with van der Waals surface area (Å²) in [6, 6.07) is 0. The van der Waals surface area contributed by atoms with Gasteiger partial charge in [-0.2, -0.15) is 0 Å². The highest BCUT2D eigenvalue weighted by Crippen LogP contribution is 2.19. The summed E-state index contributed by atoms with van der Waals surface area (Å²) in [7, 11) is 0. The average molecular weight is 310 g/mol. The molecular formula is C14H30O7. The van der Waals surface area contributed by atoms with Crippen LogP contribution in [0.1, 0.15) is 19.3 Å². The normalized spacial score (nSPS) is 12.0. The van der Waals surface area contributed by atoms with Crippen LogP contribution in [0.5, 0.6) is 0 Å². The Hall–Kier alpha value is -0.280. The summed E-state index contributed by atoms with van der Waals surface area (Å²) < 4.78 is 16.4. The van der Waals surface area contributed by atoms with Gasteiger partial charge in [0.05, 0.1) is 31.8 Å². The third-order valence-corrected chi connectivity index (χ3v) is 2.90. The van der Waals surface area contributed by atoms with Crippen molar-refractivity contribution in [2.75, 3.05) is 66.1 Å². The maximum Gasteiger partial charge on any atom is 0.0635 e. The molecule has 21 heavy (non-hydrogen) atoms. The van der Waals surface area contributed by atoms with Crippen LogP contribution < -0.4 is 0 Å². The molecule has 0 rings (SSSR count). The monoisotopic (exact) mass is 310 g/mol. The first-order chi connectivity index (χ1) is 10.2. The molecule has 0 aliphatic heterocycles. The van der Waals surface area contributed by atoms with Crippen LogP contribution in [-0.2, 0) is 14.2 Å². The molecule has 0 amide bonds. The average Bonchev–Trinajstić information content (AvgIpc) is 2.51. The SMILES string of the molecule is OCCCOCC(CO)(COCCCO)COCCCO. The Balaban J connectivity index is 4.22. The van der Waals surface area contributed by atoms with Crippen molar-refractivity contribution in [2.45, 2.75) is 19.3 Å². The molecule has 0 aliphatic rings. The first-order valence-corrected chi connectivity index (χ1v) is 7.41. The molecule has 0 heterocycles. The zero-order valence-electron chi connectivity index (χ0n) is 12.7. The maximum absolute atomic E-state index is 9.66. The van der Waals surface area contributed by atoms with Crippen molar-refractivity contribution in [3.8, 4) is 0 Å². The zero-order chi connectivity index (χ0) is 15.8. The molecule has 0 atom stereocenters. The first kappa shape index (κ1) is 20.7. The fraction of sp³-hybridized carbons (Fsp3) is 1.00. The summed E-state index contributed by atoms with van der Waals surface area (Å²) >= 11 is 0. The summed E-state index contributed by atoms with van der Waals surface area (Å²) in [5.41, 5.74) is -0.666. The molecule has 7 nitrogen and oxygen atoms in total. The van der Waals surface area contributed by atoms with Crippen molar-refractivity contribution < 1.29 is 34.6 Å². The second-order valence-corrected chi connectivity index (χ2v) is 5.05. The van der Waals surface area contributed by atoms with Gasteiger partial charge in [-0.15, -0.1) is 0 Å². The van der Waals surface area contributed by atoms with Gasteiger partial charge in [0.1, 0.15) is 0 Å². The van der Waals surface area contributed by atoms with E-state index < -0.39 is 5.41 Å². The third kappa shape index (κ3) is 11.0. The molecule has 0 radical (unpaired) electrons. The van der Waals surface area contributed by atoms with Gasteiger partial charge in [-0.1, -0.05) is 0 Å². The third-order valence-electron chi connectivity index (χ3n) is 2.90. The lowest BCUT2D eigenvalue weighted by Crippen LogP contribution is -2.41. The Labute approximate surface area is 126 Å². The van der Waals surface area contributed by atoms with Gasteiger partial charge in [0.15, 0.2) is 0 Å². The Kier molecular flexibility index (Phi) is 14.5. The fourth-order valence-corrected chi connectivity index (χ4v) is 1.63. The molecule has 128 valence electrons. The van der Waals surface area contributed by atoms with Crippen LogP contribution in [0.4, 0.5) is 0 Å². The van der Waals surface area contributed by atoms with Crippen molar-refractivity contribution >= 4 is 0 Å². The summed E-state index contributed by atoms with van der Waals surface area (Å²) in [4.78, 5) is 0. The van der Waals surface area contributed by atoms with Gasteiger partial charge >= 0.3 is 0 Å². The van der Waals surface area contributed by atoms with Crippen molar-refractivity contribution in [3.05, 3.63) is 0 Å².